The number of ether oxygens (including phenoxy) is 1. The van der Waals surface area contributed by atoms with Gasteiger partial charge in [0.15, 0.2) is 0 Å². The van der Waals surface area contributed by atoms with Crippen molar-refractivity contribution in [2.24, 2.45) is 17.8 Å². The van der Waals surface area contributed by atoms with Crippen molar-refractivity contribution in [1.82, 2.24) is 15.5 Å². The van der Waals surface area contributed by atoms with Gasteiger partial charge in [0.05, 0.1) is 24.0 Å². The van der Waals surface area contributed by atoms with Crippen LogP contribution in [0.1, 0.15) is 52.0 Å². The Morgan fingerprint density at radius 3 is 2.59 bits per heavy atom. The Morgan fingerprint density at radius 1 is 1.18 bits per heavy atom. The molecule has 3 aliphatic rings. The third-order valence-corrected chi connectivity index (χ3v) is 8.08. The fourth-order valence-electron chi connectivity index (χ4n) is 6.37. The molecule has 1 spiro atoms. The number of rotatable bonds is 10. The number of β-amino-alcohol motifs (C(OH)–C–C–N with tert-alkyl or cyclic N) is 1. The fourth-order valence-corrected chi connectivity index (χ4v) is 6.37. The number of hydrogen-bond acceptors (Lipinski definition) is 5. The number of carbonyl (C=O) groups excluding carboxylic acids is 3. The van der Waals surface area contributed by atoms with Gasteiger partial charge in [-0.15, -0.1) is 0 Å². The number of amides is 3. The van der Waals surface area contributed by atoms with Crippen LogP contribution in [0.15, 0.2) is 30.3 Å². The van der Waals surface area contributed by atoms with Crippen molar-refractivity contribution in [3.05, 3.63) is 35.9 Å². The van der Waals surface area contributed by atoms with Crippen molar-refractivity contribution in [1.29, 1.82) is 0 Å². The van der Waals surface area contributed by atoms with E-state index in [0.29, 0.717) is 19.5 Å². The van der Waals surface area contributed by atoms with Crippen molar-refractivity contribution in [3.8, 4) is 0 Å². The Kier molecular flexibility index (Phi) is 7.01. The van der Waals surface area contributed by atoms with E-state index in [9.17, 15) is 19.5 Å². The number of benzene rings is 1. The summed E-state index contributed by atoms with van der Waals surface area (Å²) in [5.74, 6) is -2.23. The first-order valence-electron chi connectivity index (χ1n) is 12.5. The van der Waals surface area contributed by atoms with Gasteiger partial charge in [-0.2, -0.15) is 0 Å². The van der Waals surface area contributed by atoms with Crippen LogP contribution in [0, 0.1) is 17.8 Å². The first-order valence-corrected chi connectivity index (χ1v) is 12.5. The van der Waals surface area contributed by atoms with Gasteiger partial charge < -0.3 is 25.4 Å². The van der Waals surface area contributed by atoms with Crippen LogP contribution in [0.25, 0.3) is 0 Å². The number of hydrogen-bond donors (Lipinski definition) is 3. The van der Waals surface area contributed by atoms with E-state index in [-0.39, 0.29) is 36.8 Å². The molecule has 3 N–H and O–H groups in total. The van der Waals surface area contributed by atoms with Crippen LogP contribution >= 0.6 is 0 Å². The molecule has 186 valence electrons. The van der Waals surface area contributed by atoms with Crippen LogP contribution in [-0.4, -0.2) is 64.7 Å². The quantitative estimate of drug-likeness (QED) is 0.450. The van der Waals surface area contributed by atoms with Crippen molar-refractivity contribution in [2.45, 2.75) is 70.2 Å². The number of likely N-dealkylation sites (tertiary alicyclic amines) is 1. The van der Waals surface area contributed by atoms with E-state index in [0.717, 1.165) is 24.8 Å². The summed E-state index contributed by atoms with van der Waals surface area (Å²) in [4.78, 5) is 42.0. The summed E-state index contributed by atoms with van der Waals surface area (Å²) in [6.45, 7) is 6.69. The van der Waals surface area contributed by atoms with E-state index in [2.05, 4.69) is 17.6 Å². The number of nitrogens with one attached hydrogen (secondary N) is 2. The molecule has 3 amide bonds. The largest absolute Gasteiger partial charge is 0.395 e. The summed E-state index contributed by atoms with van der Waals surface area (Å²) in [6, 6.07) is 8.77. The minimum atomic E-state index is -1.07. The van der Waals surface area contributed by atoms with Gasteiger partial charge in [-0.05, 0) is 31.2 Å². The molecule has 8 heteroatoms. The summed E-state index contributed by atoms with van der Waals surface area (Å²) in [6.07, 6.45) is 3.43. The highest BCUT2D eigenvalue weighted by Gasteiger charge is 2.79. The van der Waals surface area contributed by atoms with Crippen LogP contribution in [0.4, 0.5) is 0 Å². The van der Waals surface area contributed by atoms with E-state index < -0.39 is 29.1 Å². The molecule has 6 atom stereocenters. The lowest BCUT2D eigenvalue weighted by Gasteiger charge is -2.36. The number of fused-ring (bicyclic) bond motifs is 1. The lowest BCUT2D eigenvalue weighted by molar-refractivity contribution is -0.148. The monoisotopic (exact) mass is 471 g/mol. The minimum Gasteiger partial charge on any atom is -0.395 e. The second-order valence-electron chi connectivity index (χ2n) is 10.2. The Hall–Kier alpha value is -2.45. The maximum atomic E-state index is 13.7. The third kappa shape index (κ3) is 3.90. The summed E-state index contributed by atoms with van der Waals surface area (Å²) >= 11 is 0. The topological polar surface area (TPSA) is 108 Å². The van der Waals surface area contributed by atoms with Crippen LogP contribution in [0.3, 0.4) is 0 Å². The Morgan fingerprint density at radius 2 is 1.91 bits per heavy atom. The molecule has 8 nitrogen and oxygen atoms in total. The number of aliphatic hydroxyl groups excluding tert-OH is 1. The molecule has 4 rings (SSSR count). The standard InChI is InChI=1S/C26H37N3O5/c1-4-5-9-12-27-23(32)21-26-15-17(2)25(3,34-26)19(20(26)24(33)29(21)13-14-30)22(31)28-16-18-10-7-6-8-11-18/h6-8,10-11,17,19-21,30H,4-5,9,12-16H2,1-3H3,(H,27,32)(H,28,31)/t17?,19-,20+,21?,25+,26?/m1/s1. The van der Waals surface area contributed by atoms with E-state index in [1.54, 1.807) is 0 Å². The molecule has 0 aliphatic carbocycles. The van der Waals surface area contributed by atoms with Crippen molar-refractivity contribution >= 4 is 17.7 Å². The summed E-state index contributed by atoms with van der Waals surface area (Å²) in [5.41, 5.74) is -0.936. The molecular weight excluding hydrogens is 434 g/mol. The first-order chi connectivity index (χ1) is 16.3. The van der Waals surface area contributed by atoms with Gasteiger partial charge in [0.2, 0.25) is 17.7 Å². The zero-order valence-corrected chi connectivity index (χ0v) is 20.4. The van der Waals surface area contributed by atoms with Gasteiger partial charge in [-0.3, -0.25) is 14.4 Å². The molecule has 3 saturated heterocycles. The lowest BCUT2D eigenvalue weighted by atomic mass is 9.62. The molecular formula is C26H37N3O5. The Bertz CT molecular complexity index is 924. The van der Waals surface area contributed by atoms with Crippen LogP contribution in [-0.2, 0) is 25.7 Å². The number of carbonyl (C=O) groups is 3. The molecule has 3 fully saturated rings. The maximum Gasteiger partial charge on any atom is 0.245 e. The maximum absolute atomic E-state index is 13.7. The van der Waals surface area contributed by atoms with Gasteiger partial charge in [0.25, 0.3) is 0 Å². The van der Waals surface area contributed by atoms with Crippen LogP contribution in [0.2, 0.25) is 0 Å². The SMILES string of the molecule is CCCCCNC(=O)C1N(CCO)C(=O)[C@@H]2[C@H](C(=O)NCc3ccccc3)[C@@]3(C)OC12CC3C. The molecule has 0 aromatic heterocycles. The summed E-state index contributed by atoms with van der Waals surface area (Å²) in [5, 5.41) is 15.6. The molecule has 0 saturated carbocycles. The van der Waals surface area contributed by atoms with Gasteiger partial charge >= 0.3 is 0 Å². The second kappa shape index (κ2) is 9.66. The molecule has 1 aromatic carbocycles. The summed E-state index contributed by atoms with van der Waals surface area (Å²) < 4.78 is 6.61. The zero-order valence-electron chi connectivity index (χ0n) is 20.4. The van der Waals surface area contributed by atoms with Crippen molar-refractivity contribution in [2.75, 3.05) is 19.7 Å². The lowest BCUT2D eigenvalue weighted by Crippen LogP contribution is -2.56. The second-order valence-corrected chi connectivity index (χ2v) is 10.2. The average Bonchev–Trinajstić information content (AvgIpc) is 3.33. The highest BCUT2D eigenvalue weighted by molar-refractivity contribution is 5.99. The van der Waals surface area contributed by atoms with Crippen molar-refractivity contribution < 1.29 is 24.2 Å². The van der Waals surface area contributed by atoms with Gasteiger partial charge in [0.1, 0.15) is 11.6 Å². The Labute approximate surface area is 201 Å². The van der Waals surface area contributed by atoms with Crippen molar-refractivity contribution in [3.63, 3.8) is 0 Å². The normalized spacial score (nSPS) is 33.8. The van der Waals surface area contributed by atoms with Gasteiger partial charge in [-0.1, -0.05) is 57.0 Å². The average molecular weight is 472 g/mol. The van der Waals surface area contributed by atoms with E-state index in [4.69, 9.17) is 4.74 Å². The van der Waals surface area contributed by atoms with Crippen LogP contribution in [0.5, 0.6) is 0 Å². The predicted octanol–water partition coefficient (Wildman–Crippen LogP) is 1.61. The Balaban J connectivity index is 1.61. The number of aliphatic hydroxyl groups is 1. The van der Waals surface area contributed by atoms with Crippen LogP contribution < -0.4 is 10.6 Å². The van der Waals surface area contributed by atoms with Gasteiger partial charge in [0, 0.05) is 19.6 Å². The van der Waals surface area contributed by atoms with E-state index >= 15 is 0 Å². The smallest absolute Gasteiger partial charge is 0.245 e. The predicted molar refractivity (Wildman–Crippen MR) is 126 cm³/mol. The molecule has 3 heterocycles. The molecule has 34 heavy (non-hydrogen) atoms. The minimum absolute atomic E-state index is 0.00602. The van der Waals surface area contributed by atoms with E-state index in [1.807, 2.05) is 44.2 Å². The van der Waals surface area contributed by atoms with E-state index in [1.165, 1.54) is 4.90 Å². The number of unbranched alkanes of at least 4 members (excludes halogenated alkanes) is 2. The zero-order chi connectivity index (χ0) is 24.5. The molecule has 1 aromatic rings. The highest BCUT2D eigenvalue weighted by atomic mass is 16.5. The summed E-state index contributed by atoms with van der Waals surface area (Å²) in [7, 11) is 0. The highest BCUT2D eigenvalue weighted by Crippen LogP contribution is 2.65. The third-order valence-electron chi connectivity index (χ3n) is 8.08. The molecule has 3 unspecified atom stereocenters. The van der Waals surface area contributed by atoms with Gasteiger partial charge in [-0.25, -0.2) is 0 Å². The fraction of sp³-hybridized carbons (Fsp3) is 0.654. The number of nitrogens with zero attached hydrogens (tertiary/aromatic N) is 1. The molecule has 3 aliphatic heterocycles. The molecule has 0 radical (unpaired) electrons. The molecule has 2 bridgehead atoms. The first kappa shape index (κ1) is 24.7.